The molecule has 1 amide bonds. The highest BCUT2D eigenvalue weighted by Gasteiger charge is 2.24. The lowest BCUT2D eigenvalue weighted by Crippen LogP contribution is -2.30. The predicted molar refractivity (Wildman–Crippen MR) is 130 cm³/mol. The second-order valence-corrected chi connectivity index (χ2v) is 8.77. The molecule has 5 nitrogen and oxygen atoms in total. The summed E-state index contributed by atoms with van der Waals surface area (Å²) in [5, 5.41) is 5.78. The molecule has 3 rings (SSSR count). The van der Waals surface area contributed by atoms with Crippen LogP contribution in [0.1, 0.15) is 40.9 Å². The first-order chi connectivity index (χ1) is 15.2. The van der Waals surface area contributed by atoms with Crippen LogP contribution >= 0.6 is 22.9 Å². The van der Waals surface area contributed by atoms with Crippen molar-refractivity contribution in [2.75, 3.05) is 12.4 Å². The largest absolute Gasteiger partial charge is 0.481 e. The van der Waals surface area contributed by atoms with Crippen molar-refractivity contribution in [2.24, 2.45) is 0 Å². The lowest BCUT2D eigenvalue weighted by Gasteiger charge is -2.16. The number of carbonyl (C=O) groups is 2. The van der Waals surface area contributed by atoms with Crippen LogP contribution in [0.15, 0.2) is 41.8 Å². The molecule has 1 atom stereocenters. The number of nitrogens with one attached hydrogen (secondary N) is 1. The first-order valence-corrected chi connectivity index (χ1v) is 11.5. The van der Waals surface area contributed by atoms with Crippen LogP contribution in [0.25, 0.3) is 11.1 Å². The van der Waals surface area contributed by atoms with Gasteiger partial charge in [0, 0.05) is 16.0 Å². The van der Waals surface area contributed by atoms with Gasteiger partial charge in [0.15, 0.2) is 6.10 Å². The van der Waals surface area contributed by atoms with Crippen molar-refractivity contribution in [1.82, 2.24) is 0 Å². The Morgan fingerprint density at radius 1 is 1.12 bits per heavy atom. The second kappa shape index (κ2) is 10.2. The number of anilines is 1. The Morgan fingerprint density at radius 3 is 2.31 bits per heavy atom. The van der Waals surface area contributed by atoms with E-state index >= 15 is 0 Å². The Bertz CT molecular complexity index is 1110. The average Bonchev–Trinajstić information content (AvgIpc) is 3.20. The molecule has 0 aliphatic rings. The van der Waals surface area contributed by atoms with Gasteiger partial charge in [-0.05, 0) is 61.6 Å². The standard InChI is InChI=1S/C25H26ClNO4S/c1-6-17-7-9-18(10-8-17)20-13-32-24(21(20)25(29)30-5)27-23(28)16(4)31-19-11-14(2)22(26)15(3)12-19/h7-13,16H,6H2,1-5H3,(H,27,28). The third-order valence-corrected chi connectivity index (χ3v) is 6.67. The van der Waals surface area contributed by atoms with Crippen molar-refractivity contribution in [1.29, 1.82) is 0 Å². The van der Waals surface area contributed by atoms with Crippen molar-refractivity contribution >= 4 is 39.8 Å². The number of amides is 1. The summed E-state index contributed by atoms with van der Waals surface area (Å²) >= 11 is 7.49. The fourth-order valence-corrected chi connectivity index (χ4v) is 4.40. The highest BCUT2D eigenvalue weighted by molar-refractivity contribution is 7.15. The molecule has 0 aliphatic carbocycles. The highest BCUT2D eigenvalue weighted by Crippen LogP contribution is 2.36. The molecule has 0 aliphatic heterocycles. The van der Waals surface area contributed by atoms with Crippen molar-refractivity contribution in [3.63, 3.8) is 0 Å². The number of esters is 1. The molecule has 168 valence electrons. The van der Waals surface area contributed by atoms with E-state index in [0.717, 1.165) is 28.7 Å². The molecule has 1 heterocycles. The summed E-state index contributed by atoms with van der Waals surface area (Å²) in [5.74, 6) is -0.313. The number of aryl methyl sites for hydroxylation is 3. The van der Waals surface area contributed by atoms with Crippen molar-refractivity contribution in [3.8, 4) is 16.9 Å². The van der Waals surface area contributed by atoms with Crippen LogP contribution < -0.4 is 10.1 Å². The normalized spacial score (nSPS) is 11.7. The zero-order chi connectivity index (χ0) is 23.4. The predicted octanol–water partition coefficient (Wildman–Crippen LogP) is 6.44. The van der Waals surface area contributed by atoms with Gasteiger partial charge in [0.05, 0.1) is 7.11 Å². The van der Waals surface area contributed by atoms with Crippen molar-refractivity contribution in [2.45, 2.75) is 40.2 Å². The maximum atomic E-state index is 12.8. The van der Waals surface area contributed by atoms with Crippen LogP contribution in [-0.2, 0) is 16.0 Å². The van der Waals surface area contributed by atoms with E-state index in [9.17, 15) is 9.59 Å². The molecule has 0 spiro atoms. The van der Waals surface area contributed by atoms with Gasteiger partial charge < -0.3 is 14.8 Å². The van der Waals surface area contributed by atoms with E-state index in [2.05, 4.69) is 12.2 Å². The number of benzene rings is 2. The van der Waals surface area contributed by atoms with Gasteiger partial charge in [-0.25, -0.2) is 4.79 Å². The minimum atomic E-state index is -0.783. The summed E-state index contributed by atoms with van der Waals surface area (Å²) in [5.41, 5.74) is 4.89. The van der Waals surface area contributed by atoms with Crippen LogP contribution in [0.4, 0.5) is 5.00 Å². The number of hydrogen-bond acceptors (Lipinski definition) is 5. The third kappa shape index (κ3) is 5.14. The molecular weight excluding hydrogens is 446 g/mol. The summed E-state index contributed by atoms with van der Waals surface area (Å²) in [6.45, 7) is 7.51. The lowest BCUT2D eigenvalue weighted by molar-refractivity contribution is -0.122. The maximum absolute atomic E-state index is 12.8. The molecule has 1 aromatic heterocycles. The Hall–Kier alpha value is -2.83. The third-order valence-electron chi connectivity index (χ3n) is 5.18. The monoisotopic (exact) mass is 471 g/mol. The molecule has 32 heavy (non-hydrogen) atoms. The Labute approximate surface area is 197 Å². The summed E-state index contributed by atoms with van der Waals surface area (Å²) in [6.07, 6.45) is 0.148. The number of hydrogen-bond donors (Lipinski definition) is 1. The fourth-order valence-electron chi connectivity index (χ4n) is 3.33. The Kier molecular flexibility index (Phi) is 7.59. The summed E-state index contributed by atoms with van der Waals surface area (Å²) in [7, 11) is 1.33. The van der Waals surface area contributed by atoms with E-state index in [-0.39, 0.29) is 5.91 Å². The van der Waals surface area contributed by atoms with Crippen molar-refractivity contribution < 1.29 is 19.1 Å². The van der Waals surface area contributed by atoms with Gasteiger partial charge in [-0.3, -0.25) is 4.79 Å². The summed E-state index contributed by atoms with van der Waals surface area (Å²) in [6, 6.07) is 11.6. The molecule has 0 fully saturated rings. The molecule has 1 N–H and O–H groups in total. The summed E-state index contributed by atoms with van der Waals surface area (Å²) < 4.78 is 10.8. The molecule has 2 aromatic carbocycles. The molecular formula is C25H26ClNO4S. The molecule has 3 aromatic rings. The van der Waals surface area contributed by atoms with Crippen LogP contribution in [0.5, 0.6) is 5.75 Å². The van der Waals surface area contributed by atoms with Crippen LogP contribution in [0.2, 0.25) is 5.02 Å². The maximum Gasteiger partial charge on any atom is 0.341 e. The number of carbonyl (C=O) groups excluding carboxylic acids is 2. The molecule has 0 saturated carbocycles. The molecule has 0 radical (unpaired) electrons. The number of methoxy groups -OCH3 is 1. The van der Waals surface area contributed by atoms with E-state index in [4.69, 9.17) is 21.1 Å². The van der Waals surface area contributed by atoms with Gasteiger partial charge in [-0.1, -0.05) is 42.8 Å². The van der Waals surface area contributed by atoms with Gasteiger partial charge in [0.25, 0.3) is 5.91 Å². The molecule has 1 unspecified atom stereocenters. The SMILES string of the molecule is CCc1ccc(-c2csc(NC(=O)C(C)Oc3cc(C)c(Cl)c(C)c3)c2C(=O)OC)cc1. The van der Waals surface area contributed by atoms with Gasteiger partial charge in [-0.15, -0.1) is 11.3 Å². The molecule has 0 saturated heterocycles. The fraction of sp³-hybridized carbons (Fsp3) is 0.280. The van der Waals surface area contributed by atoms with E-state index < -0.39 is 12.1 Å². The zero-order valence-electron chi connectivity index (χ0n) is 18.7. The number of halogens is 1. The first kappa shape index (κ1) is 23.8. The number of ether oxygens (including phenoxy) is 2. The Morgan fingerprint density at radius 2 is 1.75 bits per heavy atom. The first-order valence-electron chi connectivity index (χ1n) is 10.3. The van der Waals surface area contributed by atoms with E-state index in [1.54, 1.807) is 19.1 Å². The van der Waals surface area contributed by atoms with Gasteiger partial charge in [-0.2, -0.15) is 0 Å². The van der Waals surface area contributed by atoms with E-state index in [1.165, 1.54) is 24.0 Å². The van der Waals surface area contributed by atoms with Crippen LogP contribution in [0.3, 0.4) is 0 Å². The van der Waals surface area contributed by atoms with Gasteiger partial charge in [0.2, 0.25) is 0 Å². The van der Waals surface area contributed by atoms with Crippen LogP contribution in [-0.4, -0.2) is 25.1 Å². The highest BCUT2D eigenvalue weighted by atomic mass is 35.5. The zero-order valence-corrected chi connectivity index (χ0v) is 20.3. The minimum Gasteiger partial charge on any atom is -0.481 e. The van der Waals surface area contributed by atoms with Gasteiger partial charge in [0.1, 0.15) is 16.3 Å². The lowest BCUT2D eigenvalue weighted by atomic mass is 10.0. The molecule has 7 heteroatoms. The van der Waals surface area contributed by atoms with Crippen molar-refractivity contribution in [3.05, 3.63) is 69.1 Å². The quantitative estimate of drug-likeness (QED) is 0.402. The second-order valence-electron chi connectivity index (χ2n) is 7.52. The van der Waals surface area contributed by atoms with E-state index in [1.807, 2.05) is 43.5 Å². The smallest absolute Gasteiger partial charge is 0.341 e. The topological polar surface area (TPSA) is 64.6 Å². The summed E-state index contributed by atoms with van der Waals surface area (Å²) in [4.78, 5) is 25.4. The van der Waals surface area contributed by atoms with Gasteiger partial charge >= 0.3 is 5.97 Å². The van der Waals surface area contributed by atoms with Crippen LogP contribution in [0, 0.1) is 13.8 Å². The Balaban J connectivity index is 1.83. The average molecular weight is 472 g/mol. The van der Waals surface area contributed by atoms with E-state index in [0.29, 0.717) is 21.3 Å². The minimum absolute atomic E-state index is 0.334. The number of rotatable bonds is 7. The molecule has 0 bridgehead atoms. The number of thiophene rings is 1.